The van der Waals surface area contributed by atoms with Gasteiger partial charge in [-0.15, -0.1) is 11.3 Å². The quantitative estimate of drug-likeness (QED) is 0.485. The molecular weight excluding hydrogens is 517 g/mol. The zero-order valence-electron chi connectivity index (χ0n) is 22.8. The molecule has 1 fully saturated rings. The largest absolute Gasteiger partial charge is 0.412 e. The fourth-order valence-corrected chi connectivity index (χ4v) is 5.36. The summed E-state index contributed by atoms with van der Waals surface area (Å²) in [5.41, 5.74) is 2.07. The number of β-amino-alcohol motifs (C(OH)–C–C–N with tert-alkyl or cyclic N) is 1. The molecule has 2 aromatic rings. The van der Waals surface area contributed by atoms with E-state index >= 15 is 0 Å². The van der Waals surface area contributed by atoms with Gasteiger partial charge in [0.25, 0.3) is 0 Å². The third-order valence-corrected chi connectivity index (χ3v) is 7.40. The van der Waals surface area contributed by atoms with Gasteiger partial charge in [0.1, 0.15) is 6.04 Å². The van der Waals surface area contributed by atoms with Gasteiger partial charge in [-0.05, 0) is 44.2 Å². The molecule has 0 bridgehead atoms. The van der Waals surface area contributed by atoms with Crippen molar-refractivity contribution >= 4 is 23.2 Å². The molecule has 38 heavy (non-hydrogen) atoms. The van der Waals surface area contributed by atoms with Gasteiger partial charge in [0.05, 0.1) is 28.2 Å². The molecule has 1 aromatic carbocycles. The Balaban J connectivity index is 1.85. The van der Waals surface area contributed by atoms with Crippen LogP contribution >= 0.6 is 11.3 Å². The molecule has 7 nitrogen and oxygen atoms in total. The van der Waals surface area contributed by atoms with E-state index in [4.69, 9.17) is 0 Å². The first-order valence-electron chi connectivity index (χ1n) is 12.5. The Kier molecular flexibility index (Phi) is 8.65. The summed E-state index contributed by atoms with van der Waals surface area (Å²) in [5, 5.41) is 15.7. The summed E-state index contributed by atoms with van der Waals surface area (Å²) in [6.07, 6.45) is -5.93. The van der Waals surface area contributed by atoms with Crippen LogP contribution in [0.3, 0.4) is 0 Å². The van der Waals surface area contributed by atoms with Gasteiger partial charge in [0.15, 0.2) is 6.04 Å². The normalized spacial score (nSPS) is 20.3. The molecule has 2 heterocycles. The topological polar surface area (TPSA) is 94.6 Å². The predicted molar refractivity (Wildman–Crippen MR) is 141 cm³/mol. The van der Waals surface area contributed by atoms with E-state index in [1.807, 2.05) is 48.5 Å². The number of amides is 2. The molecule has 1 saturated heterocycles. The third kappa shape index (κ3) is 7.12. The highest BCUT2D eigenvalue weighted by Crippen LogP contribution is 2.36. The molecule has 0 spiro atoms. The average molecular weight is 555 g/mol. The van der Waals surface area contributed by atoms with E-state index in [9.17, 15) is 27.9 Å². The number of alkyl halides is 3. The minimum atomic E-state index is -4.77. The van der Waals surface area contributed by atoms with Crippen molar-refractivity contribution in [3.8, 4) is 10.4 Å². The Hall–Kier alpha value is -2.50. The molecule has 3 rings (SSSR count). The second-order valence-electron chi connectivity index (χ2n) is 12.0. The van der Waals surface area contributed by atoms with Crippen LogP contribution < -0.4 is 10.6 Å². The van der Waals surface area contributed by atoms with Crippen LogP contribution in [0.15, 0.2) is 29.8 Å². The van der Waals surface area contributed by atoms with E-state index in [2.05, 4.69) is 15.6 Å². The molecule has 0 saturated carbocycles. The van der Waals surface area contributed by atoms with Crippen LogP contribution in [-0.2, 0) is 9.59 Å². The van der Waals surface area contributed by atoms with Gasteiger partial charge in [-0.25, -0.2) is 4.98 Å². The minimum absolute atomic E-state index is 0.129. The minimum Gasteiger partial charge on any atom is -0.391 e. The second kappa shape index (κ2) is 10.9. The maximum Gasteiger partial charge on any atom is 0.412 e. The number of nitrogens with one attached hydrogen (secondary N) is 2. The van der Waals surface area contributed by atoms with Crippen LogP contribution in [0, 0.1) is 12.3 Å². The number of aromatic nitrogens is 1. The Bertz CT molecular complexity index is 1140. The summed E-state index contributed by atoms with van der Waals surface area (Å²) in [6, 6.07) is 1.60. The molecule has 210 valence electrons. The average Bonchev–Trinajstić information content (AvgIpc) is 3.39. The van der Waals surface area contributed by atoms with Crippen molar-refractivity contribution < 1.29 is 27.9 Å². The van der Waals surface area contributed by atoms with Crippen molar-refractivity contribution in [2.24, 2.45) is 5.41 Å². The van der Waals surface area contributed by atoms with Crippen molar-refractivity contribution in [2.45, 2.75) is 90.8 Å². The van der Waals surface area contributed by atoms with Crippen molar-refractivity contribution in [1.82, 2.24) is 20.5 Å². The molecule has 2 amide bonds. The van der Waals surface area contributed by atoms with E-state index in [1.54, 1.807) is 17.6 Å². The predicted octanol–water partition coefficient (Wildman–Crippen LogP) is 4.60. The molecule has 0 aliphatic carbocycles. The first kappa shape index (κ1) is 30.0. The number of nitrogens with zero attached hydrogens (tertiary/aromatic N) is 2. The number of carbonyl (C=O) groups excluding carboxylic acids is 2. The number of carbonyl (C=O) groups is 2. The number of benzene rings is 1. The van der Waals surface area contributed by atoms with Crippen molar-refractivity contribution in [3.63, 3.8) is 0 Å². The fraction of sp³-hybridized carbons (Fsp3) is 0.593. The Morgan fingerprint density at radius 3 is 2.18 bits per heavy atom. The molecule has 3 unspecified atom stereocenters. The zero-order valence-corrected chi connectivity index (χ0v) is 23.6. The molecule has 1 aliphatic rings. The second-order valence-corrected chi connectivity index (χ2v) is 12.8. The van der Waals surface area contributed by atoms with Crippen LogP contribution in [0.1, 0.15) is 65.3 Å². The Morgan fingerprint density at radius 1 is 1.11 bits per heavy atom. The number of aliphatic hydroxyl groups is 1. The number of rotatable bonds is 6. The number of likely N-dealkylation sites (tertiary alicyclic amines) is 1. The van der Waals surface area contributed by atoms with Crippen LogP contribution in [0.25, 0.3) is 10.4 Å². The summed E-state index contributed by atoms with van der Waals surface area (Å²) in [5.74, 6) is -1.39. The van der Waals surface area contributed by atoms with Gasteiger partial charge in [-0.1, -0.05) is 45.0 Å². The van der Waals surface area contributed by atoms with Gasteiger partial charge < -0.3 is 20.6 Å². The highest BCUT2D eigenvalue weighted by molar-refractivity contribution is 7.13. The van der Waals surface area contributed by atoms with E-state index in [-0.39, 0.29) is 18.5 Å². The molecule has 11 heteroatoms. The van der Waals surface area contributed by atoms with E-state index in [1.165, 1.54) is 28.4 Å². The number of thiazole rings is 1. The van der Waals surface area contributed by atoms with Crippen LogP contribution in [0.4, 0.5) is 13.2 Å². The summed E-state index contributed by atoms with van der Waals surface area (Å²) >= 11 is 1.39. The number of aryl methyl sites for hydroxylation is 1. The molecule has 3 N–H and O–H groups in total. The lowest BCUT2D eigenvalue weighted by atomic mass is 9.84. The van der Waals surface area contributed by atoms with Crippen molar-refractivity contribution in [1.29, 1.82) is 0 Å². The highest BCUT2D eigenvalue weighted by Gasteiger charge is 2.48. The first-order valence-corrected chi connectivity index (χ1v) is 13.4. The van der Waals surface area contributed by atoms with Crippen LogP contribution in [-0.4, -0.2) is 63.3 Å². The van der Waals surface area contributed by atoms with Gasteiger partial charge in [0, 0.05) is 18.5 Å². The third-order valence-electron chi connectivity index (χ3n) is 6.42. The standard InChI is InChI=1S/C27H37F3N4O3S/c1-15-20(38-14-31-15)16-8-10-17(11-9-16)21(27(28,29)30)32-23(36)19-12-18(35)13-34(19)24(37)22(25(2,3)4)33-26(5,6)7/h8-11,14,18-19,21-22,33,35H,12-13H2,1-7H3,(H,32,36)/t18?,19-,21?,22?/m1/s1. The summed E-state index contributed by atoms with van der Waals surface area (Å²) < 4.78 is 42.4. The maximum atomic E-state index is 14.1. The monoisotopic (exact) mass is 554 g/mol. The molecule has 1 aromatic heterocycles. The summed E-state index contributed by atoms with van der Waals surface area (Å²) in [7, 11) is 0. The Morgan fingerprint density at radius 2 is 1.71 bits per heavy atom. The first-order chi connectivity index (χ1) is 17.4. The van der Waals surface area contributed by atoms with Gasteiger partial charge >= 0.3 is 6.18 Å². The number of hydrogen-bond acceptors (Lipinski definition) is 6. The van der Waals surface area contributed by atoms with E-state index in [0.29, 0.717) is 0 Å². The lowest BCUT2D eigenvalue weighted by Crippen LogP contribution is -2.60. The highest BCUT2D eigenvalue weighted by atomic mass is 32.1. The van der Waals surface area contributed by atoms with Crippen LogP contribution in [0.5, 0.6) is 0 Å². The molecular formula is C27H37F3N4O3S. The Labute approximate surface area is 225 Å². The van der Waals surface area contributed by atoms with Crippen LogP contribution in [0.2, 0.25) is 0 Å². The summed E-state index contributed by atoms with van der Waals surface area (Å²) in [6.45, 7) is 13.0. The van der Waals surface area contributed by atoms with E-state index in [0.717, 1.165) is 16.1 Å². The SMILES string of the molecule is Cc1ncsc1-c1ccc(C(NC(=O)[C@H]2CC(O)CN2C(=O)C(NC(C)(C)C)C(C)(C)C)C(F)(F)F)cc1. The lowest BCUT2D eigenvalue weighted by molar-refractivity contribution is -0.165. The number of aliphatic hydroxyl groups excluding tert-OH is 1. The van der Waals surface area contributed by atoms with Crippen molar-refractivity contribution in [3.05, 3.63) is 41.0 Å². The number of hydrogen-bond donors (Lipinski definition) is 3. The lowest BCUT2D eigenvalue weighted by Gasteiger charge is -2.39. The van der Waals surface area contributed by atoms with Gasteiger partial charge in [-0.2, -0.15) is 13.2 Å². The molecule has 4 atom stereocenters. The summed E-state index contributed by atoms with van der Waals surface area (Å²) in [4.78, 5) is 33.1. The zero-order chi connectivity index (χ0) is 28.6. The fourth-order valence-electron chi connectivity index (χ4n) is 4.55. The van der Waals surface area contributed by atoms with Gasteiger partial charge in [-0.3, -0.25) is 9.59 Å². The maximum absolute atomic E-state index is 14.1. The van der Waals surface area contributed by atoms with Crippen molar-refractivity contribution in [2.75, 3.05) is 6.54 Å². The molecule has 1 aliphatic heterocycles. The molecule has 0 radical (unpaired) electrons. The number of halogens is 3. The smallest absolute Gasteiger partial charge is 0.391 e. The van der Waals surface area contributed by atoms with E-state index < -0.39 is 53.2 Å². The van der Waals surface area contributed by atoms with Gasteiger partial charge in [0.2, 0.25) is 11.8 Å².